The van der Waals surface area contributed by atoms with E-state index in [1.54, 1.807) is 18.6 Å². The normalized spacial score (nSPS) is 17.8. The van der Waals surface area contributed by atoms with Crippen LogP contribution < -0.4 is 10.2 Å². The van der Waals surface area contributed by atoms with Gasteiger partial charge in [-0.15, -0.1) is 0 Å². The lowest BCUT2D eigenvalue weighted by Crippen LogP contribution is -2.43. The molecule has 2 heterocycles. The molecule has 1 fully saturated rings. The Morgan fingerprint density at radius 2 is 2.22 bits per heavy atom. The van der Waals surface area contributed by atoms with Crippen molar-refractivity contribution in [2.45, 2.75) is 19.4 Å². The van der Waals surface area contributed by atoms with Crippen LogP contribution in [0.25, 0.3) is 0 Å². The van der Waals surface area contributed by atoms with E-state index >= 15 is 0 Å². The topological polar surface area (TPSA) is 58.1 Å². The average molecular weight is 331 g/mol. The van der Waals surface area contributed by atoms with Crippen LogP contribution in [-0.2, 0) is 11.3 Å². The summed E-state index contributed by atoms with van der Waals surface area (Å²) in [5.41, 5.74) is 0.934. The minimum Gasteiger partial charge on any atom is -0.355 e. The number of anilines is 1. The van der Waals surface area contributed by atoms with Gasteiger partial charge in [0.25, 0.3) is 0 Å². The molecule has 120 valence electrons. The van der Waals surface area contributed by atoms with Crippen LogP contribution in [0, 0.1) is 5.92 Å². The third kappa shape index (κ3) is 3.99. The number of halogens is 1. The van der Waals surface area contributed by atoms with Gasteiger partial charge in [-0.05, 0) is 24.5 Å². The van der Waals surface area contributed by atoms with Crippen molar-refractivity contribution in [2.24, 2.45) is 5.92 Å². The molecule has 0 bridgehead atoms. The first-order chi connectivity index (χ1) is 11.2. The van der Waals surface area contributed by atoms with Gasteiger partial charge < -0.3 is 10.2 Å². The van der Waals surface area contributed by atoms with Crippen LogP contribution in [0.5, 0.6) is 0 Å². The lowest BCUT2D eigenvalue weighted by atomic mass is 9.97. The van der Waals surface area contributed by atoms with Gasteiger partial charge in [-0.3, -0.25) is 9.78 Å². The zero-order valence-electron chi connectivity index (χ0n) is 12.8. The van der Waals surface area contributed by atoms with Crippen molar-refractivity contribution >= 4 is 23.3 Å². The largest absolute Gasteiger partial charge is 0.355 e. The maximum atomic E-state index is 12.4. The van der Waals surface area contributed by atoms with E-state index in [0.29, 0.717) is 18.1 Å². The van der Waals surface area contributed by atoms with Crippen molar-refractivity contribution in [2.75, 3.05) is 18.0 Å². The lowest BCUT2D eigenvalue weighted by molar-refractivity contribution is -0.125. The van der Waals surface area contributed by atoms with Crippen molar-refractivity contribution in [3.63, 3.8) is 0 Å². The molecule has 0 aliphatic carbocycles. The van der Waals surface area contributed by atoms with Gasteiger partial charge in [0, 0.05) is 37.1 Å². The molecule has 1 N–H and O–H groups in total. The molecule has 6 heteroatoms. The molecular weight excluding hydrogens is 312 g/mol. The third-order valence-electron chi connectivity index (χ3n) is 4.08. The standard InChI is InChI=1S/C17H19ClN4O/c18-15-6-2-1-4-13(15)10-21-17(23)14-5-3-9-22(12-14)16-11-19-7-8-20-16/h1-2,4,6-8,11,14H,3,5,9-10,12H2,(H,21,23)/t14-/m0/s1. The molecule has 1 aliphatic rings. The number of hydrogen-bond donors (Lipinski definition) is 1. The third-order valence-corrected chi connectivity index (χ3v) is 4.45. The molecule has 1 aromatic carbocycles. The van der Waals surface area contributed by atoms with E-state index in [0.717, 1.165) is 30.8 Å². The number of aromatic nitrogens is 2. The minimum atomic E-state index is -0.0340. The summed E-state index contributed by atoms with van der Waals surface area (Å²) in [5.74, 6) is 0.864. The second kappa shape index (κ2) is 7.42. The van der Waals surface area contributed by atoms with E-state index in [2.05, 4.69) is 20.2 Å². The smallest absolute Gasteiger partial charge is 0.225 e. The summed E-state index contributed by atoms with van der Waals surface area (Å²) in [6, 6.07) is 7.56. The first-order valence-electron chi connectivity index (χ1n) is 7.76. The number of amides is 1. The molecule has 23 heavy (non-hydrogen) atoms. The van der Waals surface area contributed by atoms with Crippen LogP contribution in [0.4, 0.5) is 5.82 Å². The summed E-state index contributed by atoms with van der Waals surface area (Å²) in [4.78, 5) is 23.0. The molecule has 0 spiro atoms. The average Bonchev–Trinajstić information content (AvgIpc) is 2.62. The van der Waals surface area contributed by atoms with Gasteiger partial charge in [0.2, 0.25) is 5.91 Å². The highest BCUT2D eigenvalue weighted by Crippen LogP contribution is 2.21. The summed E-state index contributed by atoms with van der Waals surface area (Å²) >= 11 is 6.12. The zero-order chi connectivity index (χ0) is 16.1. The molecule has 2 aromatic rings. The zero-order valence-corrected chi connectivity index (χ0v) is 13.5. The van der Waals surface area contributed by atoms with E-state index in [4.69, 9.17) is 11.6 Å². The molecule has 1 aromatic heterocycles. The second-order valence-electron chi connectivity index (χ2n) is 5.66. The van der Waals surface area contributed by atoms with Gasteiger partial charge in [-0.1, -0.05) is 29.8 Å². The van der Waals surface area contributed by atoms with Gasteiger partial charge in [0.05, 0.1) is 12.1 Å². The number of nitrogens with zero attached hydrogens (tertiary/aromatic N) is 3. The summed E-state index contributed by atoms with van der Waals surface area (Å²) in [6.45, 7) is 2.04. The highest BCUT2D eigenvalue weighted by molar-refractivity contribution is 6.31. The molecule has 0 unspecified atom stereocenters. The number of carbonyl (C=O) groups is 1. The first-order valence-corrected chi connectivity index (χ1v) is 8.14. The molecular formula is C17H19ClN4O. The fourth-order valence-corrected chi connectivity index (χ4v) is 3.02. The Labute approximate surface area is 140 Å². The Balaban J connectivity index is 1.58. The predicted octanol–water partition coefficient (Wildman–Crippen LogP) is 2.66. The maximum absolute atomic E-state index is 12.4. The predicted molar refractivity (Wildman–Crippen MR) is 90.3 cm³/mol. The minimum absolute atomic E-state index is 0.0340. The highest BCUT2D eigenvalue weighted by Gasteiger charge is 2.26. The van der Waals surface area contributed by atoms with E-state index in [1.807, 2.05) is 24.3 Å². The summed E-state index contributed by atoms with van der Waals surface area (Å²) in [5, 5.41) is 3.67. The Kier molecular flexibility index (Phi) is 5.08. The van der Waals surface area contributed by atoms with E-state index in [9.17, 15) is 4.79 Å². The van der Waals surface area contributed by atoms with Gasteiger partial charge >= 0.3 is 0 Å². The van der Waals surface area contributed by atoms with E-state index in [1.165, 1.54) is 0 Å². The van der Waals surface area contributed by atoms with Crippen molar-refractivity contribution in [1.82, 2.24) is 15.3 Å². The molecule has 0 saturated carbocycles. The number of piperidine rings is 1. The van der Waals surface area contributed by atoms with Crippen molar-refractivity contribution in [3.05, 3.63) is 53.4 Å². The van der Waals surface area contributed by atoms with Crippen LogP contribution >= 0.6 is 11.6 Å². The van der Waals surface area contributed by atoms with Crippen LogP contribution in [0.2, 0.25) is 5.02 Å². The van der Waals surface area contributed by atoms with Gasteiger partial charge in [0.15, 0.2) is 0 Å². The molecule has 0 radical (unpaired) electrons. The van der Waals surface area contributed by atoms with Crippen molar-refractivity contribution < 1.29 is 4.79 Å². The Bertz CT molecular complexity index is 665. The Morgan fingerprint density at radius 1 is 1.35 bits per heavy atom. The van der Waals surface area contributed by atoms with Crippen LogP contribution in [-0.4, -0.2) is 29.0 Å². The first kappa shape index (κ1) is 15.7. The fraction of sp³-hybridized carbons (Fsp3) is 0.353. The van der Waals surface area contributed by atoms with Crippen molar-refractivity contribution in [3.8, 4) is 0 Å². The van der Waals surface area contributed by atoms with E-state index in [-0.39, 0.29) is 11.8 Å². The van der Waals surface area contributed by atoms with Crippen LogP contribution in [0.1, 0.15) is 18.4 Å². The number of carbonyl (C=O) groups excluding carboxylic acids is 1. The monoisotopic (exact) mass is 330 g/mol. The van der Waals surface area contributed by atoms with E-state index < -0.39 is 0 Å². The summed E-state index contributed by atoms with van der Waals surface area (Å²) in [7, 11) is 0. The number of nitrogens with one attached hydrogen (secondary N) is 1. The fourth-order valence-electron chi connectivity index (χ4n) is 2.82. The number of rotatable bonds is 4. The van der Waals surface area contributed by atoms with Gasteiger partial charge in [0.1, 0.15) is 5.82 Å². The Morgan fingerprint density at radius 3 is 3.00 bits per heavy atom. The molecule has 1 amide bonds. The molecule has 5 nitrogen and oxygen atoms in total. The highest BCUT2D eigenvalue weighted by atomic mass is 35.5. The lowest BCUT2D eigenvalue weighted by Gasteiger charge is -2.32. The maximum Gasteiger partial charge on any atom is 0.225 e. The van der Waals surface area contributed by atoms with Crippen LogP contribution in [0.3, 0.4) is 0 Å². The van der Waals surface area contributed by atoms with Crippen molar-refractivity contribution in [1.29, 1.82) is 0 Å². The summed E-state index contributed by atoms with van der Waals surface area (Å²) in [6.07, 6.45) is 6.94. The molecule has 1 aliphatic heterocycles. The molecule has 1 atom stereocenters. The number of hydrogen-bond acceptors (Lipinski definition) is 4. The SMILES string of the molecule is O=C(NCc1ccccc1Cl)[C@H]1CCCN(c2cnccn2)C1. The van der Waals surface area contributed by atoms with Gasteiger partial charge in [-0.2, -0.15) is 0 Å². The quantitative estimate of drug-likeness (QED) is 0.936. The molecule has 3 rings (SSSR count). The number of benzene rings is 1. The Hall–Kier alpha value is -2.14. The molecule has 1 saturated heterocycles. The van der Waals surface area contributed by atoms with Crippen LogP contribution in [0.15, 0.2) is 42.9 Å². The van der Waals surface area contributed by atoms with Gasteiger partial charge in [-0.25, -0.2) is 4.98 Å². The second-order valence-corrected chi connectivity index (χ2v) is 6.07. The summed E-state index contributed by atoms with van der Waals surface area (Å²) < 4.78 is 0.